The molecule has 0 aromatic carbocycles. The third kappa shape index (κ3) is 2.12. The Bertz CT molecular complexity index is 615. The first-order chi connectivity index (χ1) is 8.04. The summed E-state index contributed by atoms with van der Waals surface area (Å²) in [5.74, 6) is -0.101. The second-order valence-electron chi connectivity index (χ2n) is 3.55. The van der Waals surface area contributed by atoms with Crippen LogP contribution in [0.5, 0.6) is 0 Å². The number of halogens is 1. The van der Waals surface area contributed by atoms with E-state index in [2.05, 4.69) is 15.0 Å². The molecule has 0 aliphatic carbocycles. The zero-order chi connectivity index (χ0) is 12.6. The molecule has 4 nitrogen and oxygen atoms in total. The molecule has 0 bridgehead atoms. The van der Waals surface area contributed by atoms with Gasteiger partial charge in [0, 0.05) is 11.6 Å². The summed E-state index contributed by atoms with van der Waals surface area (Å²) in [6, 6.07) is 0. The number of hydrogen-bond donors (Lipinski definition) is 0. The summed E-state index contributed by atoms with van der Waals surface area (Å²) < 4.78 is 0. The lowest BCUT2D eigenvalue weighted by molar-refractivity contribution is 0.101. The summed E-state index contributed by atoms with van der Waals surface area (Å²) in [6.07, 6.45) is 3.57. The molecule has 0 atom stereocenters. The largest absolute Gasteiger partial charge is 0.294 e. The highest BCUT2D eigenvalue weighted by atomic mass is 35.5. The Morgan fingerprint density at radius 1 is 1.41 bits per heavy atom. The minimum atomic E-state index is -0.101. The zero-order valence-corrected chi connectivity index (χ0v) is 11.2. The Labute approximate surface area is 108 Å². The fourth-order valence-electron chi connectivity index (χ4n) is 1.65. The average Bonchev–Trinajstić information content (AvgIpc) is 2.27. The normalized spacial score (nSPS) is 10.8. The number of carbonyl (C=O) groups excluding carboxylic acids is 1. The molecular formula is C11H10ClN3OS. The number of thioether (sulfide) groups is 1. The van der Waals surface area contributed by atoms with Crippen LogP contribution in [0.15, 0.2) is 11.4 Å². The van der Waals surface area contributed by atoms with Gasteiger partial charge in [0.2, 0.25) is 0 Å². The van der Waals surface area contributed by atoms with E-state index in [-0.39, 0.29) is 10.9 Å². The molecule has 0 saturated carbocycles. The van der Waals surface area contributed by atoms with Crippen LogP contribution in [0.1, 0.15) is 22.8 Å². The minimum absolute atomic E-state index is 0.101. The molecule has 0 radical (unpaired) electrons. The van der Waals surface area contributed by atoms with Crippen LogP contribution in [0, 0.1) is 6.92 Å². The molecule has 0 aliphatic heterocycles. The van der Waals surface area contributed by atoms with Crippen molar-refractivity contribution >= 4 is 40.2 Å². The van der Waals surface area contributed by atoms with Crippen molar-refractivity contribution in [2.45, 2.75) is 19.0 Å². The smallest absolute Gasteiger partial charge is 0.189 e. The van der Waals surface area contributed by atoms with Crippen molar-refractivity contribution in [3.8, 4) is 0 Å². The molecule has 2 rings (SSSR count). The van der Waals surface area contributed by atoms with Crippen LogP contribution in [0.2, 0.25) is 5.15 Å². The van der Waals surface area contributed by atoms with E-state index in [1.165, 1.54) is 18.7 Å². The maximum atomic E-state index is 11.5. The maximum absolute atomic E-state index is 11.5. The van der Waals surface area contributed by atoms with E-state index in [0.717, 1.165) is 10.9 Å². The Hall–Kier alpha value is -1.20. The highest BCUT2D eigenvalue weighted by molar-refractivity contribution is 7.98. The number of aromatic nitrogens is 3. The van der Waals surface area contributed by atoms with Crippen molar-refractivity contribution in [2.24, 2.45) is 0 Å². The van der Waals surface area contributed by atoms with Crippen molar-refractivity contribution in [3.05, 3.63) is 22.5 Å². The first-order valence-corrected chi connectivity index (χ1v) is 6.52. The molecule has 0 saturated heterocycles. The van der Waals surface area contributed by atoms with E-state index in [1.54, 1.807) is 6.20 Å². The van der Waals surface area contributed by atoms with Crippen LogP contribution in [0.4, 0.5) is 0 Å². The highest BCUT2D eigenvalue weighted by Crippen LogP contribution is 2.25. The number of aryl methyl sites for hydroxylation is 1. The molecule has 0 N–H and O–H groups in total. The molecule has 0 aliphatic rings. The second kappa shape index (κ2) is 4.58. The van der Waals surface area contributed by atoms with Gasteiger partial charge < -0.3 is 0 Å². The number of rotatable bonds is 2. The molecule has 0 fully saturated rings. The van der Waals surface area contributed by atoms with Crippen molar-refractivity contribution in [1.82, 2.24) is 15.0 Å². The number of hydrogen-bond acceptors (Lipinski definition) is 5. The Kier molecular flexibility index (Phi) is 3.31. The van der Waals surface area contributed by atoms with E-state index in [0.29, 0.717) is 16.4 Å². The lowest BCUT2D eigenvalue weighted by Gasteiger charge is -2.07. The number of Topliss-reactive ketones (excluding diaryl/α,β-unsaturated/α-hetero) is 1. The van der Waals surface area contributed by atoms with Gasteiger partial charge in [0.15, 0.2) is 16.6 Å². The van der Waals surface area contributed by atoms with E-state index in [9.17, 15) is 4.79 Å². The van der Waals surface area contributed by atoms with E-state index in [4.69, 9.17) is 11.6 Å². The van der Waals surface area contributed by atoms with E-state index < -0.39 is 0 Å². The zero-order valence-electron chi connectivity index (χ0n) is 9.61. The molecule has 0 amide bonds. The summed E-state index contributed by atoms with van der Waals surface area (Å²) in [4.78, 5) is 24.1. The molecule has 17 heavy (non-hydrogen) atoms. The van der Waals surface area contributed by atoms with Gasteiger partial charge in [-0.3, -0.25) is 4.79 Å². The van der Waals surface area contributed by atoms with Crippen LogP contribution in [0.25, 0.3) is 11.0 Å². The number of fused-ring (bicyclic) bond motifs is 1. The molecule has 2 aromatic heterocycles. The third-order valence-electron chi connectivity index (χ3n) is 2.47. The van der Waals surface area contributed by atoms with Crippen LogP contribution < -0.4 is 0 Å². The topological polar surface area (TPSA) is 55.7 Å². The number of nitrogens with zero attached hydrogens (tertiary/aromatic N) is 3. The molecule has 0 spiro atoms. The number of ketones is 1. The van der Waals surface area contributed by atoms with Crippen molar-refractivity contribution in [2.75, 3.05) is 6.26 Å². The lowest BCUT2D eigenvalue weighted by Crippen LogP contribution is -2.02. The van der Waals surface area contributed by atoms with Crippen molar-refractivity contribution < 1.29 is 4.79 Å². The van der Waals surface area contributed by atoms with Crippen molar-refractivity contribution in [1.29, 1.82) is 0 Å². The first kappa shape index (κ1) is 12.3. The minimum Gasteiger partial charge on any atom is -0.294 e. The van der Waals surface area contributed by atoms with Gasteiger partial charge >= 0.3 is 0 Å². The summed E-state index contributed by atoms with van der Waals surface area (Å²) in [5.41, 5.74) is 1.75. The van der Waals surface area contributed by atoms with Gasteiger partial charge in [-0.25, -0.2) is 15.0 Å². The van der Waals surface area contributed by atoms with Gasteiger partial charge in [-0.15, -0.1) is 0 Å². The standard InChI is InChI=1S/C11H10ClN3OS/c1-5-7-4-13-11(17-3)15-10(7)14-9(12)8(5)6(2)16/h4H,1-3H3. The van der Waals surface area contributed by atoms with Gasteiger partial charge in [-0.1, -0.05) is 23.4 Å². The Morgan fingerprint density at radius 3 is 2.71 bits per heavy atom. The van der Waals surface area contributed by atoms with Crippen LogP contribution >= 0.6 is 23.4 Å². The fourth-order valence-corrected chi connectivity index (χ4v) is 2.34. The Balaban J connectivity index is 2.81. The molecule has 6 heteroatoms. The third-order valence-corrected chi connectivity index (χ3v) is 3.31. The Morgan fingerprint density at radius 2 is 2.12 bits per heavy atom. The van der Waals surface area contributed by atoms with Gasteiger partial charge in [0.05, 0.1) is 5.56 Å². The van der Waals surface area contributed by atoms with Gasteiger partial charge in [-0.05, 0) is 25.7 Å². The maximum Gasteiger partial charge on any atom is 0.189 e. The second-order valence-corrected chi connectivity index (χ2v) is 4.68. The van der Waals surface area contributed by atoms with Crippen LogP contribution in [0.3, 0.4) is 0 Å². The van der Waals surface area contributed by atoms with Crippen molar-refractivity contribution in [3.63, 3.8) is 0 Å². The first-order valence-electron chi connectivity index (χ1n) is 4.92. The summed E-state index contributed by atoms with van der Waals surface area (Å²) >= 11 is 7.43. The summed E-state index contributed by atoms with van der Waals surface area (Å²) in [6.45, 7) is 3.30. The monoisotopic (exact) mass is 267 g/mol. The van der Waals surface area contributed by atoms with Gasteiger partial charge in [0.1, 0.15) is 5.15 Å². The van der Waals surface area contributed by atoms with Gasteiger partial charge in [-0.2, -0.15) is 0 Å². The average molecular weight is 268 g/mol. The van der Waals surface area contributed by atoms with E-state index >= 15 is 0 Å². The molecule has 2 heterocycles. The highest BCUT2D eigenvalue weighted by Gasteiger charge is 2.15. The van der Waals surface area contributed by atoms with Crippen LogP contribution in [-0.2, 0) is 0 Å². The number of carbonyl (C=O) groups is 1. The predicted molar refractivity (Wildman–Crippen MR) is 68.9 cm³/mol. The SMILES string of the molecule is CSc1ncc2c(C)c(C(C)=O)c(Cl)nc2n1. The van der Waals surface area contributed by atoms with E-state index in [1.807, 2.05) is 13.2 Å². The fraction of sp³-hybridized carbons (Fsp3) is 0.273. The summed E-state index contributed by atoms with van der Waals surface area (Å²) in [7, 11) is 0. The quantitative estimate of drug-likeness (QED) is 0.362. The van der Waals surface area contributed by atoms with Gasteiger partial charge in [0.25, 0.3) is 0 Å². The predicted octanol–water partition coefficient (Wildman–Crippen LogP) is 2.91. The lowest BCUT2D eigenvalue weighted by atomic mass is 10.1. The molecular weight excluding hydrogens is 258 g/mol. The molecule has 0 unspecified atom stereocenters. The summed E-state index contributed by atoms with van der Waals surface area (Å²) in [5, 5.41) is 1.60. The van der Waals surface area contributed by atoms with Crippen LogP contribution in [-0.4, -0.2) is 27.0 Å². The number of pyridine rings is 1. The molecule has 88 valence electrons. The molecule has 2 aromatic rings.